The Morgan fingerprint density at radius 3 is 2.67 bits per heavy atom. The van der Waals surface area contributed by atoms with Crippen LogP contribution in [0.25, 0.3) is 6.08 Å². The molecule has 2 nitrogen and oxygen atoms in total. The van der Waals surface area contributed by atoms with Crippen LogP contribution in [0, 0.1) is 6.92 Å². The van der Waals surface area contributed by atoms with E-state index in [1.54, 1.807) is 11.0 Å². The summed E-state index contributed by atoms with van der Waals surface area (Å²) in [5.41, 5.74) is 3.32. The Balaban J connectivity index is 2.01. The van der Waals surface area contributed by atoms with Crippen molar-refractivity contribution in [2.45, 2.75) is 13.5 Å². The summed E-state index contributed by atoms with van der Waals surface area (Å²) in [4.78, 5) is 13.8. The van der Waals surface area contributed by atoms with Crippen LogP contribution in [0.1, 0.15) is 16.7 Å². The molecule has 0 unspecified atom stereocenters. The topological polar surface area (TPSA) is 20.3 Å². The van der Waals surface area contributed by atoms with Crippen molar-refractivity contribution >= 4 is 27.9 Å². The van der Waals surface area contributed by atoms with Crippen LogP contribution in [0.4, 0.5) is 0 Å². The minimum Gasteiger partial charge on any atom is -0.338 e. The van der Waals surface area contributed by atoms with Crippen molar-refractivity contribution in [3.05, 3.63) is 75.8 Å². The van der Waals surface area contributed by atoms with Gasteiger partial charge in [0.05, 0.1) is 0 Å². The number of likely N-dealkylation sites (N-methyl/N-ethyl adjacent to an activating group) is 1. The first-order chi connectivity index (χ1) is 10.1. The van der Waals surface area contributed by atoms with Crippen molar-refractivity contribution < 1.29 is 4.79 Å². The molecule has 0 saturated heterocycles. The molecule has 2 aromatic carbocycles. The highest BCUT2D eigenvalue weighted by Gasteiger charge is 2.07. The molecule has 0 N–H and O–H groups in total. The van der Waals surface area contributed by atoms with E-state index in [0.717, 1.165) is 15.6 Å². The summed E-state index contributed by atoms with van der Waals surface area (Å²) in [6.07, 6.45) is 3.47. The largest absolute Gasteiger partial charge is 0.338 e. The van der Waals surface area contributed by atoms with Crippen LogP contribution >= 0.6 is 15.9 Å². The molecule has 0 aliphatic heterocycles. The molecule has 2 rings (SSSR count). The maximum absolute atomic E-state index is 12.1. The number of nitrogens with zero attached hydrogens (tertiary/aromatic N) is 1. The fourth-order valence-corrected chi connectivity index (χ4v) is 2.44. The summed E-state index contributed by atoms with van der Waals surface area (Å²) < 4.78 is 1.02. The average Bonchev–Trinajstić information content (AvgIpc) is 2.47. The summed E-state index contributed by atoms with van der Waals surface area (Å²) in [6, 6.07) is 16.0. The predicted molar refractivity (Wildman–Crippen MR) is 90.8 cm³/mol. The zero-order valence-corrected chi connectivity index (χ0v) is 13.8. The summed E-state index contributed by atoms with van der Waals surface area (Å²) in [5, 5.41) is 0. The highest BCUT2D eigenvalue weighted by molar-refractivity contribution is 9.10. The number of benzene rings is 2. The van der Waals surface area contributed by atoms with E-state index < -0.39 is 0 Å². The number of amides is 1. The van der Waals surface area contributed by atoms with E-state index in [1.807, 2.05) is 62.5 Å². The number of carbonyl (C=O) groups is 1. The molecule has 108 valence electrons. The molecular weight excluding hydrogens is 326 g/mol. The van der Waals surface area contributed by atoms with Crippen LogP contribution in [0.5, 0.6) is 0 Å². The van der Waals surface area contributed by atoms with Gasteiger partial charge in [0.2, 0.25) is 5.91 Å². The van der Waals surface area contributed by atoms with Gasteiger partial charge in [-0.2, -0.15) is 0 Å². The third-order valence-corrected chi connectivity index (χ3v) is 3.98. The van der Waals surface area contributed by atoms with Crippen LogP contribution < -0.4 is 0 Å². The zero-order valence-electron chi connectivity index (χ0n) is 12.2. The molecule has 0 aliphatic rings. The standard InChI is InChI=1S/C18H18BrNO/c1-14-6-5-7-15(12-14)10-11-18(21)20(2)13-16-8-3-4-9-17(16)19/h3-12H,13H2,1-2H3/b11-10+. The van der Waals surface area contributed by atoms with Crippen molar-refractivity contribution in [2.75, 3.05) is 7.05 Å². The molecule has 0 aliphatic carbocycles. The molecule has 0 fully saturated rings. The minimum atomic E-state index is -0.00717. The monoisotopic (exact) mass is 343 g/mol. The quantitative estimate of drug-likeness (QED) is 0.752. The van der Waals surface area contributed by atoms with Crippen molar-refractivity contribution in [1.29, 1.82) is 0 Å². The lowest BCUT2D eigenvalue weighted by molar-refractivity contribution is -0.125. The molecule has 1 amide bonds. The van der Waals surface area contributed by atoms with Gasteiger partial charge < -0.3 is 4.90 Å². The lowest BCUT2D eigenvalue weighted by atomic mass is 10.1. The number of halogens is 1. The zero-order chi connectivity index (χ0) is 15.2. The normalized spacial score (nSPS) is 10.8. The molecule has 0 atom stereocenters. The first-order valence-corrected chi connectivity index (χ1v) is 7.59. The van der Waals surface area contributed by atoms with Crippen LogP contribution in [0.15, 0.2) is 59.1 Å². The van der Waals surface area contributed by atoms with E-state index in [0.29, 0.717) is 6.54 Å². The Bertz CT molecular complexity index is 664. The molecule has 0 saturated carbocycles. The molecule has 0 spiro atoms. The van der Waals surface area contributed by atoms with Crippen molar-refractivity contribution in [1.82, 2.24) is 4.90 Å². The number of carbonyl (C=O) groups excluding carboxylic acids is 1. The van der Waals surface area contributed by atoms with Gasteiger partial charge in [0.1, 0.15) is 0 Å². The average molecular weight is 344 g/mol. The highest BCUT2D eigenvalue weighted by Crippen LogP contribution is 2.17. The Labute approximate surface area is 134 Å². The fourth-order valence-electron chi connectivity index (χ4n) is 2.03. The number of hydrogen-bond donors (Lipinski definition) is 0. The van der Waals surface area contributed by atoms with E-state index in [1.165, 1.54) is 5.56 Å². The third-order valence-electron chi connectivity index (χ3n) is 3.20. The molecule has 0 heterocycles. The SMILES string of the molecule is Cc1cccc(/C=C/C(=O)N(C)Cc2ccccc2Br)c1. The fraction of sp³-hybridized carbons (Fsp3) is 0.167. The van der Waals surface area contributed by atoms with Gasteiger partial charge in [0, 0.05) is 24.1 Å². The second-order valence-electron chi connectivity index (χ2n) is 5.03. The summed E-state index contributed by atoms with van der Waals surface area (Å²) in [6.45, 7) is 2.62. The molecule has 3 heteroatoms. The molecular formula is C18H18BrNO. The van der Waals surface area contributed by atoms with E-state index >= 15 is 0 Å². The van der Waals surface area contributed by atoms with Crippen molar-refractivity contribution in [3.8, 4) is 0 Å². The number of aryl methyl sites for hydroxylation is 1. The van der Waals surface area contributed by atoms with E-state index in [-0.39, 0.29) is 5.91 Å². The summed E-state index contributed by atoms with van der Waals surface area (Å²) in [5.74, 6) is -0.00717. The third kappa shape index (κ3) is 4.57. The minimum absolute atomic E-state index is 0.00717. The van der Waals surface area contributed by atoms with Gasteiger partial charge in [0.15, 0.2) is 0 Å². The van der Waals surface area contributed by atoms with Gasteiger partial charge in [-0.3, -0.25) is 4.79 Å². The predicted octanol–water partition coefficient (Wildman–Crippen LogP) is 4.43. The van der Waals surface area contributed by atoms with Gasteiger partial charge in [-0.15, -0.1) is 0 Å². The molecule has 0 bridgehead atoms. The van der Waals surface area contributed by atoms with Crippen LogP contribution in [-0.4, -0.2) is 17.9 Å². The van der Waals surface area contributed by atoms with Crippen molar-refractivity contribution in [3.63, 3.8) is 0 Å². The second kappa shape index (κ2) is 7.23. The van der Waals surface area contributed by atoms with Crippen LogP contribution in [0.3, 0.4) is 0 Å². The Hall–Kier alpha value is -1.87. The highest BCUT2D eigenvalue weighted by atomic mass is 79.9. The molecule has 0 aromatic heterocycles. The van der Waals surface area contributed by atoms with E-state index in [2.05, 4.69) is 22.0 Å². The first-order valence-electron chi connectivity index (χ1n) is 6.79. The Morgan fingerprint density at radius 2 is 1.95 bits per heavy atom. The maximum Gasteiger partial charge on any atom is 0.246 e. The second-order valence-corrected chi connectivity index (χ2v) is 5.89. The van der Waals surface area contributed by atoms with Gasteiger partial charge in [-0.1, -0.05) is 64.0 Å². The number of hydrogen-bond acceptors (Lipinski definition) is 1. The van der Waals surface area contributed by atoms with Gasteiger partial charge in [0.25, 0.3) is 0 Å². The molecule has 21 heavy (non-hydrogen) atoms. The van der Waals surface area contributed by atoms with Gasteiger partial charge in [-0.05, 0) is 30.2 Å². The van der Waals surface area contributed by atoms with Crippen LogP contribution in [-0.2, 0) is 11.3 Å². The summed E-state index contributed by atoms with van der Waals surface area (Å²) in [7, 11) is 1.81. The Morgan fingerprint density at radius 1 is 1.19 bits per heavy atom. The smallest absolute Gasteiger partial charge is 0.246 e. The maximum atomic E-state index is 12.1. The van der Waals surface area contributed by atoms with Gasteiger partial charge >= 0.3 is 0 Å². The van der Waals surface area contributed by atoms with Crippen LogP contribution in [0.2, 0.25) is 0 Å². The van der Waals surface area contributed by atoms with Crippen molar-refractivity contribution in [2.24, 2.45) is 0 Å². The van der Waals surface area contributed by atoms with E-state index in [4.69, 9.17) is 0 Å². The van der Waals surface area contributed by atoms with E-state index in [9.17, 15) is 4.79 Å². The molecule has 0 radical (unpaired) electrons. The first kappa shape index (κ1) is 15.5. The lowest BCUT2D eigenvalue weighted by Crippen LogP contribution is -2.24. The summed E-state index contributed by atoms with van der Waals surface area (Å²) >= 11 is 3.50. The lowest BCUT2D eigenvalue weighted by Gasteiger charge is -2.16. The Kier molecular flexibility index (Phi) is 5.34. The number of rotatable bonds is 4. The van der Waals surface area contributed by atoms with Gasteiger partial charge in [-0.25, -0.2) is 0 Å². The molecule has 2 aromatic rings.